The van der Waals surface area contributed by atoms with Crippen molar-refractivity contribution in [2.24, 2.45) is 0 Å². The number of aromatic nitrogens is 2. The number of benzene rings is 1. The molecule has 1 aromatic carbocycles. The monoisotopic (exact) mass is 201 g/mol. The molecule has 78 valence electrons. The Labute approximate surface area is 89.5 Å². The molecule has 3 nitrogen and oxygen atoms in total. The van der Waals surface area contributed by atoms with Gasteiger partial charge in [-0.3, -0.25) is 0 Å². The largest absolute Gasteiger partial charge is 0.384 e. The van der Waals surface area contributed by atoms with Gasteiger partial charge in [0.1, 0.15) is 5.82 Å². The number of hydrogen-bond donors (Lipinski definition) is 1. The van der Waals surface area contributed by atoms with E-state index in [1.807, 2.05) is 19.1 Å². The highest BCUT2D eigenvalue weighted by Gasteiger charge is 2.05. The van der Waals surface area contributed by atoms with Gasteiger partial charge in [-0.25, -0.2) is 4.68 Å². The van der Waals surface area contributed by atoms with Crippen molar-refractivity contribution in [3.05, 3.63) is 35.9 Å². The molecule has 15 heavy (non-hydrogen) atoms. The van der Waals surface area contributed by atoms with Gasteiger partial charge in [-0.2, -0.15) is 5.10 Å². The normalized spacial score (nSPS) is 10.5. The van der Waals surface area contributed by atoms with Crippen LogP contribution in [0.1, 0.15) is 12.5 Å². The van der Waals surface area contributed by atoms with Crippen LogP contribution in [-0.2, 0) is 6.54 Å². The maximum atomic E-state index is 5.83. The number of aryl methyl sites for hydroxylation is 2. The van der Waals surface area contributed by atoms with Crippen LogP contribution < -0.4 is 5.73 Å². The third-order valence-corrected chi connectivity index (χ3v) is 2.42. The molecular formula is C12H15N3. The number of hydrogen-bond acceptors (Lipinski definition) is 2. The van der Waals surface area contributed by atoms with Gasteiger partial charge in [-0.15, -0.1) is 0 Å². The van der Waals surface area contributed by atoms with Gasteiger partial charge in [0, 0.05) is 18.2 Å². The predicted molar refractivity (Wildman–Crippen MR) is 62.5 cm³/mol. The van der Waals surface area contributed by atoms with Crippen LogP contribution in [0.5, 0.6) is 0 Å². The van der Waals surface area contributed by atoms with Crippen molar-refractivity contribution >= 4 is 5.82 Å². The Kier molecular flexibility index (Phi) is 2.46. The number of rotatable bonds is 2. The van der Waals surface area contributed by atoms with Crippen molar-refractivity contribution in [2.75, 3.05) is 5.73 Å². The first-order valence-corrected chi connectivity index (χ1v) is 5.11. The molecule has 0 radical (unpaired) electrons. The highest BCUT2D eigenvalue weighted by Crippen LogP contribution is 2.20. The maximum Gasteiger partial charge on any atom is 0.122 e. The second kappa shape index (κ2) is 3.77. The average Bonchev–Trinajstić information content (AvgIpc) is 2.60. The Morgan fingerprint density at radius 2 is 2.13 bits per heavy atom. The molecule has 1 heterocycles. The van der Waals surface area contributed by atoms with Gasteiger partial charge < -0.3 is 5.73 Å². The highest BCUT2D eigenvalue weighted by molar-refractivity contribution is 5.62. The highest BCUT2D eigenvalue weighted by atomic mass is 15.3. The lowest BCUT2D eigenvalue weighted by molar-refractivity contribution is 0.672. The molecule has 2 aromatic rings. The minimum Gasteiger partial charge on any atom is -0.384 e. The summed E-state index contributed by atoms with van der Waals surface area (Å²) in [6, 6.07) is 10.2. The summed E-state index contributed by atoms with van der Waals surface area (Å²) in [6.45, 7) is 4.91. The van der Waals surface area contributed by atoms with Crippen LogP contribution >= 0.6 is 0 Å². The van der Waals surface area contributed by atoms with E-state index in [0.717, 1.165) is 17.8 Å². The van der Waals surface area contributed by atoms with E-state index < -0.39 is 0 Å². The van der Waals surface area contributed by atoms with E-state index in [2.05, 4.69) is 30.2 Å². The summed E-state index contributed by atoms with van der Waals surface area (Å²) in [4.78, 5) is 0. The second-order valence-electron chi connectivity index (χ2n) is 3.64. The molecule has 0 saturated carbocycles. The molecule has 0 fully saturated rings. The minimum atomic E-state index is 0.717. The van der Waals surface area contributed by atoms with Gasteiger partial charge in [-0.05, 0) is 19.9 Å². The summed E-state index contributed by atoms with van der Waals surface area (Å²) in [5.74, 6) is 0.717. The Balaban J connectivity index is 2.45. The fourth-order valence-corrected chi connectivity index (χ4v) is 1.63. The zero-order valence-corrected chi connectivity index (χ0v) is 9.07. The molecule has 3 heteroatoms. The van der Waals surface area contributed by atoms with Crippen LogP contribution in [0.15, 0.2) is 30.3 Å². The minimum absolute atomic E-state index is 0.717. The smallest absolute Gasteiger partial charge is 0.122 e. The molecule has 2 rings (SSSR count). The Morgan fingerprint density at radius 3 is 2.73 bits per heavy atom. The van der Waals surface area contributed by atoms with Gasteiger partial charge in [0.15, 0.2) is 0 Å². The van der Waals surface area contributed by atoms with E-state index in [9.17, 15) is 0 Å². The van der Waals surface area contributed by atoms with Crippen molar-refractivity contribution in [1.29, 1.82) is 0 Å². The summed E-state index contributed by atoms with van der Waals surface area (Å²) in [5.41, 5.74) is 9.12. The van der Waals surface area contributed by atoms with Crippen molar-refractivity contribution in [2.45, 2.75) is 20.4 Å². The van der Waals surface area contributed by atoms with E-state index in [-0.39, 0.29) is 0 Å². The van der Waals surface area contributed by atoms with E-state index in [0.29, 0.717) is 5.82 Å². The molecule has 0 atom stereocenters. The van der Waals surface area contributed by atoms with Crippen LogP contribution in [0.2, 0.25) is 0 Å². The summed E-state index contributed by atoms with van der Waals surface area (Å²) < 4.78 is 1.80. The molecule has 0 aliphatic rings. The predicted octanol–water partition coefficient (Wildman–Crippen LogP) is 2.46. The van der Waals surface area contributed by atoms with Gasteiger partial charge in [-0.1, -0.05) is 23.8 Å². The quantitative estimate of drug-likeness (QED) is 0.811. The van der Waals surface area contributed by atoms with Crippen LogP contribution in [-0.4, -0.2) is 9.78 Å². The molecule has 0 spiro atoms. The van der Waals surface area contributed by atoms with Gasteiger partial charge in [0.25, 0.3) is 0 Å². The SMILES string of the molecule is CCn1nc(-c2cccc(C)c2)cc1N. The Morgan fingerprint density at radius 1 is 1.33 bits per heavy atom. The van der Waals surface area contributed by atoms with Crippen molar-refractivity contribution in [3.8, 4) is 11.3 Å². The Bertz CT molecular complexity index is 471. The van der Waals surface area contributed by atoms with Gasteiger partial charge in [0.2, 0.25) is 0 Å². The van der Waals surface area contributed by atoms with E-state index in [4.69, 9.17) is 5.73 Å². The maximum absolute atomic E-state index is 5.83. The molecule has 0 saturated heterocycles. The molecule has 0 aliphatic heterocycles. The van der Waals surface area contributed by atoms with Crippen LogP contribution in [0.4, 0.5) is 5.82 Å². The summed E-state index contributed by atoms with van der Waals surface area (Å²) in [5, 5.41) is 4.43. The van der Waals surface area contributed by atoms with Crippen LogP contribution in [0.25, 0.3) is 11.3 Å². The van der Waals surface area contributed by atoms with E-state index in [1.165, 1.54) is 5.56 Å². The lowest BCUT2D eigenvalue weighted by atomic mass is 10.1. The first-order valence-electron chi connectivity index (χ1n) is 5.11. The number of nitrogens with two attached hydrogens (primary N) is 1. The molecule has 0 bridgehead atoms. The third kappa shape index (κ3) is 1.86. The standard InChI is InChI=1S/C12H15N3/c1-3-15-12(13)8-11(14-15)10-6-4-5-9(2)7-10/h4-8H,3,13H2,1-2H3. The summed E-state index contributed by atoms with van der Waals surface area (Å²) in [7, 11) is 0. The number of nitrogen functional groups attached to an aromatic ring is 1. The molecular weight excluding hydrogens is 186 g/mol. The van der Waals surface area contributed by atoms with Crippen LogP contribution in [0, 0.1) is 6.92 Å². The molecule has 1 aromatic heterocycles. The van der Waals surface area contributed by atoms with E-state index >= 15 is 0 Å². The van der Waals surface area contributed by atoms with Gasteiger partial charge >= 0.3 is 0 Å². The van der Waals surface area contributed by atoms with Crippen molar-refractivity contribution in [3.63, 3.8) is 0 Å². The molecule has 0 unspecified atom stereocenters. The molecule has 0 amide bonds. The van der Waals surface area contributed by atoms with Gasteiger partial charge in [0.05, 0.1) is 5.69 Å². The lowest BCUT2D eigenvalue weighted by Gasteiger charge is -1.98. The number of anilines is 1. The summed E-state index contributed by atoms with van der Waals surface area (Å²) in [6.07, 6.45) is 0. The fraction of sp³-hybridized carbons (Fsp3) is 0.250. The van der Waals surface area contributed by atoms with Crippen molar-refractivity contribution in [1.82, 2.24) is 9.78 Å². The summed E-state index contributed by atoms with van der Waals surface area (Å²) >= 11 is 0. The zero-order chi connectivity index (χ0) is 10.8. The lowest BCUT2D eigenvalue weighted by Crippen LogP contribution is -2.01. The molecule has 0 aliphatic carbocycles. The second-order valence-corrected chi connectivity index (χ2v) is 3.64. The fourth-order valence-electron chi connectivity index (χ4n) is 1.63. The average molecular weight is 201 g/mol. The zero-order valence-electron chi connectivity index (χ0n) is 9.07. The number of nitrogens with zero attached hydrogens (tertiary/aromatic N) is 2. The third-order valence-electron chi connectivity index (χ3n) is 2.42. The first-order chi connectivity index (χ1) is 7.20. The van der Waals surface area contributed by atoms with Crippen LogP contribution in [0.3, 0.4) is 0 Å². The van der Waals surface area contributed by atoms with Crippen molar-refractivity contribution < 1.29 is 0 Å². The van der Waals surface area contributed by atoms with E-state index in [1.54, 1.807) is 4.68 Å². The molecule has 2 N–H and O–H groups in total. The Hall–Kier alpha value is -1.77. The first kappa shape index (κ1) is 9.77. The topological polar surface area (TPSA) is 43.8 Å².